The zero-order valence-electron chi connectivity index (χ0n) is 11.9. The van der Waals surface area contributed by atoms with E-state index in [2.05, 4.69) is 20.9 Å². The number of benzene rings is 1. The molecule has 1 aromatic carbocycles. The van der Waals surface area contributed by atoms with Crippen LogP contribution in [0.2, 0.25) is 0 Å². The van der Waals surface area contributed by atoms with Gasteiger partial charge in [-0.1, -0.05) is 30.3 Å². The summed E-state index contributed by atoms with van der Waals surface area (Å²) in [7, 11) is 0. The van der Waals surface area contributed by atoms with Crippen LogP contribution in [0.3, 0.4) is 0 Å². The molecule has 5 heteroatoms. The third-order valence-corrected chi connectivity index (χ3v) is 3.53. The van der Waals surface area contributed by atoms with Crippen molar-refractivity contribution in [2.75, 3.05) is 31.2 Å². The summed E-state index contributed by atoms with van der Waals surface area (Å²) in [6.07, 6.45) is 0. The lowest BCUT2D eigenvalue weighted by Gasteiger charge is -2.29. The van der Waals surface area contributed by atoms with E-state index in [-0.39, 0.29) is 0 Å². The highest BCUT2D eigenvalue weighted by Crippen LogP contribution is 2.25. The largest absolute Gasteiger partial charge is 0.378 e. The molecule has 1 aliphatic heterocycles. The van der Waals surface area contributed by atoms with E-state index in [1.165, 1.54) is 0 Å². The zero-order chi connectivity index (χ0) is 14.7. The Morgan fingerprint density at radius 1 is 1.14 bits per heavy atom. The van der Waals surface area contributed by atoms with Crippen LogP contribution >= 0.6 is 0 Å². The van der Waals surface area contributed by atoms with Crippen LogP contribution in [0, 0.1) is 18.3 Å². The van der Waals surface area contributed by atoms with Gasteiger partial charge >= 0.3 is 0 Å². The number of rotatable bonds is 2. The van der Waals surface area contributed by atoms with Crippen molar-refractivity contribution >= 4 is 5.82 Å². The number of aromatic nitrogens is 2. The van der Waals surface area contributed by atoms with E-state index < -0.39 is 0 Å². The van der Waals surface area contributed by atoms with Gasteiger partial charge < -0.3 is 9.64 Å². The van der Waals surface area contributed by atoms with Crippen molar-refractivity contribution in [1.82, 2.24) is 9.97 Å². The fourth-order valence-electron chi connectivity index (χ4n) is 2.41. The molecule has 0 aliphatic carbocycles. The average molecular weight is 280 g/mol. The number of morpholine rings is 1. The molecule has 0 unspecified atom stereocenters. The summed E-state index contributed by atoms with van der Waals surface area (Å²) in [5.74, 6) is 1.38. The van der Waals surface area contributed by atoms with E-state index in [0.29, 0.717) is 36.1 Å². The Morgan fingerprint density at radius 3 is 2.52 bits per heavy atom. The van der Waals surface area contributed by atoms with E-state index in [1.807, 2.05) is 37.3 Å². The fraction of sp³-hybridized carbons (Fsp3) is 0.312. The zero-order valence-corrected chi connectivity index (χ0v) is 11.9. The summed E-state index contributed by atoms with van der Waals surface area (Å²) in [6.45, 7) is 4.68. The second kappa shape index (κ2) is 5.90. The summed E-state index contributed by atoms with van der Waals surface area (Å²) in [4.78, 5) is 11.2. The van der Waals surface area contributed by atoms with Crippen LogP contribution in [0.5, 0.6) is 0 Å². The minimum atomic E-state index is 0.552. The number of nitrogens with zero attached hydrogens (tertiary/aromatic N) is 4. The van der Waals surface area contributed by atoms with Crippen molar-refractivity contribution < 1.29 is 4.74 Å². The molecule has 0 spiro atoms. The molecule has 0 atom stereocenters. The van der Waals surface area contributed by atoms with Crippen molar-refractivity contribution in [2.24, 2.45) is 0 Å². The van der Waals surface area contributed by atoms with E-state index in [0.717, 1.165) is 18.7 Å². The second-order valence-corrected chi connectivity index (χ2v) is 4.91. The molecule has 1 aromatic heterocycles. The van der Waals surface area contributed by atoms with Gasteiger partial charge in [0, 0.05) is 18.7 Å². The standard InChI is InChI=1S/C16H16N4O/c1-12-14(11-17)16(20-7-9-21-10-8-20)19-15(18-12)13-5-3-2-4-6-13/h2-6H,7-10H2,1H3. The maximum atomic E-state index is 9.40. The number of nitriles is 1. The van der Waals surface area contributed by atoms with E-state index in [9.17, 15) is 5.26 Å². The minimum Gasteiger partial charge on any atom is -0.378 e. The summed E-state index contributed by atoms with van der Waals surface area (Å²) >= 11 is 0. The smallest absolute Gasteiger partial charge is 0.161 e. The molecule has 1 saturated heterocycles. The molecule has 2 aromatic rings. The molecule has 3 rings (SSSR count). The first-order valence-electron chi connectivity index (χ1n) is 6.96. The summed E-state index contributed by atoms with van der Waals surface area (Å²) in [5, 5.41) is 9.40. The monoisotopic (exact) mass is 280 g/mol. The Balaban J connectivity index is 2.09. The van der Waals surface area contributed by atoms with Gasteiger partial charge in [0.1, 0.15) is 11.6 Å². The second-order valence-electron chi connectivity index (χ2n) is 4.91. The van der Waals surface area contributed by atoms with Crippen molar-refractivity contribution in [3.8, 4) is 17.5 Å². The van der Waals surface area contributed by atoms with Crippen molar-refractivity contribution in [3.63, 3.8) is 0 Å². The number of hydrogen-bond donors (Lipinski definition) is 0. The Bertz CT molecular complexity index is 673. The van der Waals surface area contributed by atoms with Gasteiger partial charge in [0.05, 0.1) is 18.9 Å². The average Bonchev–Trinajstić information content (AvgIpc) is 2.55. The molecular formula is C16H16N4O. The molecule has 0 bridgehead atoms. The molecule has 106 valence electrons. The van der Waals surface area contributed by atoms with E-state index >= 15 is 0 Å². The SMILES string of the molecule is Cc1nc(-c2ccccc2)nc(N2CCOCC2)c1C#N. The summed E-state index contributed by atoms with van der Waals surface area (Å²) in [6, 6.07) is 12.1. The highest BCUT2D eigenvalue weighted by atomic mass is 16.5. The number of anilines is 1. The van der Waals surface area contributed by atoms with Gasteiger partial charge in [0.25, 0.3) is 0 Å². The van der Waals surface area contributed by atoms with Crippen LogP contribution in [0.15, 0.2) is 30.3 Å². The summed E-state index contributed by atoms with van der Waals surface area (Å²) in [5.41, 5.74) is 2.23. The van der Waals surface area contributed by atoms with Crippen molar-refractivity contribution in [1.29, 1.82) is 5.26 Å². The molecule has 21 heavy (non-hydrogen) atoms. The molecule has 0 radical (unpaired) electrons. The van der Waals surface area contributed by atoms with Crippen molar-refractivity contribution in [3.05, 3.63) is 41.6 Å². The third-order valence-electron chi connectivity index (χ3n) is 3.53. The predicted octanol–water partition coefficient (Wildman–Crippen LogP) is 2.16. The van der Waals surface area contributed by atoms with Gasteiger partial charge in [-0.15, -0.1) is 0 Å². The van der Waals surface area contributed by atoms with Crippen LogP contribution in [-0.2, 0) is 4.74 Å². The normalized spacial score (nSPS) is 14.8. The van der Waals surface area contributed by atoms with Crippen LogP contribution in [-0.4, -0.2) is 36.3 Å². The minimum absolute atomic E-state index is 0.552. The molecule has 0 saturated carbocycles. The van der Waals surface area contributed by atoms with Gasteiger partial charge in [-0.2, -0.15) is 5.26 Å². The van der Waals surface area contributed by atoms with Gasteiger partial charge in [-0.05, 0) is 6.92 Å². The highest BCUT2D eigenvalue weighted by Gasteiger charge is 2.20. The first kappa shape index (κ1) is 13.5. The lowest BCUT2D eigenvalue weighted by atomic mass is 10.1. The van der Waals surface area contributed by atoms with Crippen LogP contribution < -0.4 is 4.90 Å². The topological polar surface area (TPSA) is 62.0 Å². The van der Waals surface area contributed by atoms with Crippen LogP contribution in [0.25, 0.3) is 11.4 Å². The maximum Gasteiger partial charge on any atom is 0.161 e. The molecule has 0 amide bonds. The number of aryl methyl sites for hydroxylation is 1. The number of ether oxygens (including phenoxy) is 1. The predicted molar refractivity (Wildman–Crippen MR) is 80.0 cm³/mol. The molecule has 5 nitrogen and oxygen atoms in total. The number of hydrogen-bond acceptors (Lipinski definition) is 5. The highest BCUT2D eigenvalue weighted by molar-refractivity contribution is 5.63. The van der Waals surface area contributed by atoms with E-state index in [1.54, 1.807) is 0 Å². The van der Waals surface area contributed by atoms with Gasteiger partial charge in [0.2, 0.25) is 0 Å². The summed E-state index contributed by atoms with van der Waals surface area (Å²) < 4.78 is 5.37. The third kappa shape index (κ3) is 2.71. The van der Waals surface area contributed by atoms with Crippen LogP contribution in [0.1, 0.15) is 11.3 Å². The Morgan fingerprint density at radius 2 is 1.86 bits per heavy atom. The molecule has 0 N–H and O–H groups in total. The Labute approximate surface area is 123 Å². The Hall–Kier alpha value is -2.45. The molecule has 2 heterocycles. The van der Waals surface area contributed by atoms with Gasteiger partial charge in [-0.3, -0.25) is 0 Å². The quantitative estimate of drug-likeness (QED) is 0.843. The molecule has 1 aliphatic rings. The van der Waals surface area contributed by atoms with E-state index in [4.69, 9.17) is 4.74 Å². The maximum absolute atomic E-state index is 9.40. The molecular weight excluding hydrogens is 264 g/mol. The Kier molecular flexibility index (Phi) is 3.80. The first-order chi connectivity index (χ1) is 10.3. The van der Waals surface area contributed by atoms with Crippen molar-refractivity contribution in [2.45, 2.75) is 6.92 Å². The lowest BCUT2D eigenvalue weighted by Crippen LogP contribution is -2.37. The molecule has 1 fully saturated rings. The first-order valence-corrected chi connectivity index (χ1v) is 6.96. The lowest BCUT2D eigenvalue weighted by molar-refractivity contribution is 0.122. The van der Waals surface area contributed by atoms with Gasteiger partial charge in [-0.25, -0.2) is 9.97 Å². The van der Waals surface area contributed by atoms with Gasteiger partial charge in [0.15, 0.2) is 11.6 Å². The fourth-order valence-corrected chi connectivity index (χ4v) is 2.41. The van der Waals surface area contributed by atoms with Crippen LogP contribution in [0.4, 0.5) is 5.82 Å².